The van der Waals surface area contributed by atoms with E-state index < -0.39 is 0 Å². The molecule has 0 radical (unpaired) electrons. The molecule has 108 valence electrons. The van der Waals surface area contributed by atoms with Crippen LogP contribution < -0.4 is 0 Å². The molecule has 0 aliphatic rings. The average Bonchev–Trinajstić information content (AvgIpc) is 2.61. The van der Waals surface area contributed by atoms with Crippen molar-refractivity contribution in [3.63, 3.8) is 0 Å². The maximum Gasteiger partial charge on any atom is 0.0260 e. The summed E-state index contributed by atoms with van der Waals surface area (Å²) in [6.07, 6.45) is 0. The Kier molecular flexibility index (Phi) is 2.74. The fraction of sp³-hybridized carbons (Fsp3) is 0. The van der Waals surface area contributed by atoms with E-state index in [9.17, 15) is 0 Å². The topological polar surface area (TPSA) is 0 Å². The van der Waals surface area contributed by atoms with E-state index in [0.29, 0.717) is 0 Å². The van der Waals surface area contributed by atoms with Crippen molar-refractivity contribution >= 4 is 48.2 Å². The molecule has 0 spiro atoms. The highest BCUT2D eigenvalue weighted by Crippen LogP contribution is 2.41. The Morgan fingerprint density at radius 3 is 2.22 bits per heavy atom. The zero-order valence-electron chi connectivity index (χ0n) is 12.4. The molecule has 23 heavy (non-hydrogen) atoms. The highest BCUT2D eigenvalue weighted by Gasteiger charge is 2.13. The summed E-state index contributed by atoms with van der Waals surface area (Å²) in [6, 6.07) is 28.4. The lowest BCUT2D eigenvalue weighted by Gasteiger charge is -2.15. The van der Waals surface area contributed by atoms with Crippen LogP contribution in [0.2, 0.25) is 0 Å². The molecule has 5 aromatic rings. The normalized spacial score (nSPS) is 11.7. The molecule has 5 aromatic carbocycles. The van der Waals surface area contributed by atoms with Gasteiger partial charge in [-0.05, 0) is 49.5 Å². The van der Waals surface area contributed by atoms with Crippen LogP contribution in [0.5, 0.6) is 0 Å². The number of hydrogen-bond acceptors (Lipinski definition) is 0. The zero-order valence-corrected chi connectivity index (χ0v) is 14.0. The molecule has 0 bridgehead atoms. The lowest BCUT2D eigenvalue weighted by Crippen LogP contribution is -1.87. The van der Waals surface area contributed by atoms with E-state index >= 15 is 0 Å². The molecule has 0 saturated carbocycles. The summed E-state index contributed by atoms with van der Waals surface area (Å²) in [5, 5.41) is 7.91. The summed E-state index contributed by atoms with van der Waals surface area (Å²) >= 11 is 3.74. The monoisotopic (exact) mass is 356 g/mol. The van der Waals surface area contributed by atoms with Crippen molar-refractivity contribution in [1.29, 1.82) is 0 Å². The molecule has 1 heteroatoms. The van der Waals surface area contributed by atoms with Crippen LogP contribution in [0.1, 0.15) is 0 Å². The Balaban J connectivity index is 2.03. The molecule has 0 aliphatic carbocycles. The molecular weight excluding hydrogens is 344 g/mol. The van der Waals surface area contributed by atoms with Gasteiger partial charge in [0.2, 0.25) is 0 Å². The molecule has 0 amide bonds. The second-order valence-corrected chi connectivity index (χ2v) is 6.81. The third-order valence-electron chi connectivity index (χ3n) is 4.68. The molecule has 0 fully saturated rings. The maximum atomic E-state index is 3.74. The van der Waals surface area contributed by atoms with Gasteiger partial charge in [0.1, 0.15) is 0 Å². The van der Waals surface area contributed by atoms with Gasteiger partial charge in [-0.1, -0.05) is 88.7 Å². The lowest BCUT2D eigenvalue weighted by atomic mass is 9.90. The van der Waals surface area contributed by atoms with Crippen molar-refractivity contribution in [2.45, 2.75) is 0 Å². The second kappa shape index (κ2) is 4.81. The lowest BCUT2D eigenvalue weighted by molar-refractivity contribution is 1.66. The van der Waals surface area contributed by atoms with Crippen LogP contribution in [0.15, 0.2) is 83.3 Å². The summed E-state index contributed by atoms with van der Waals surface area (Å²) in [6.45, 7) is 0. The van der Waals surface area contributed by atoms with Crippen LogP contribution in [0.4, 0.5) is 0 Å². The van der Waals surface area contributed by atoms with E-state index in [1.54, 1.807) is 0 Å². The number of halogens is 1. The van der Waals surface area contributed by atoms with Crippen LogP contribution >= 0.6 is 15.9 Å². The first-order chi connectivity index (χ1) is 11.3. The molecule has 0 unspecified atom stereocenters. The van der Waals surface area contributed by atoms with Gasteiger partial charge >= 0.3 is 0 Å². The standard InChI is InChI=1S/C22H13Br/c23-20-13-16-10-11-17(14-5-2-1-3-6-14)18-12-9-15-7-4-8-19(20)21(15)22(16)18/h1-13H. The third-order valence-corrected chi connectivity index (χ3v) is 5.33. The fourth-order valence-corrected chi connectivity index (χ4v) is 4.23. The average molecular weight is 357 g/mol. The Hall–Kier alpha value is -2.38. The number of benzene rings is 5. The van der Waals surface area contributed by atoms with Crippen molar-refractivity contribution in [2.75, 3.05) is 0 Å². The molecular formula is C22H13Br. The SMILES string of the molecule is Brc1cc2ccc(-c3ccccc3)c3ccc4cccc1c4c23. The van der Waals surface area contributed by atoms with Gasteiger partial charge in [0.25, 0.3) is 0 Å². The van der Waals surface area contributed by atoms with Crippen molar-refractivity contribution < 1.29 is 0 Å². The van der Waals surface area contributed by atoms with Gasteiger partial charge in [-0.25, -0.2) is 0 Å². The van der Waals surface area contributed by atoms with E-state index in [1.807, 2.05) is 0 Å². The van der Waals surface area contributed by atoms with Crippen LogP contribution in [-0.4, -0.2) is 0 Å². The van der Waals surface area contributed by atoms with E-state index in [-0.39, 0.29) is 0 Å². The molecule has 0 aromatic heterocycles. The van der Waals surface area contributed by atoms with E-state index in [0.717, 1.165) is 4.47 Å². The van der Waals surface area contributed by atoms with Gasteiger partial charge in [0.05, 0.1) is 0 Å². The first-order valence-electron chi connectivity index (χ1n) is 7.74. The molecule has 5 rings (SSSR count). The number of hydrogen-bond donors (Lipinski definition) is 0. The molecule has 0 saturated heterocycles. The molecule has 0 heterocycles. The molecule has 0 atom stereocenters. The predicted molar refractivity (Wildman–Crippen MR) is 103 cm³/mol. The van der Waals surface area contributed by atoms with E-state index in [2.05, 4.69) is 94.8 Å². The van der Waals surface area contributed by atoms with Crippen molar-refractivity contribution in [2.24, 2.45) is 0 Å². The fourth-order valence-electron chi connectivity index (χ4n) is 3.65. The highest BCUT2D eigenvalue weighted by atomic mass is 79.9. The summed E-state index contributed by atoms with van der Waals surface area (Å²) < 4.78 is 1.16. The van der Waals surface area contributed by atoms with Crippen molar-refractivity contribution in [1.82, 2.24) is 0 Å². The molecule has 0 aliphatic heterocycles. The first kappa shape index (κ1) is 13.1. The Morgan fingerprint density at radius 2 is 1.35 bits per heavy atom. The van der Waals surface area contributed by atoms with Gasteiger partial charge < -0.3 is 0 Å². The summed E-state index contributed by atoms with van der Waals surface area (Å²) in [5.41, 5.74) is 2.57. The minimum atomic E-state index is 1.16. The summed E-state index contributed by atoms with van der Waals surface area (Å²) in [4.78, 5) is 0. The maximum absolute atomic E-state index is 3.74. The largest absolute Gasteiger partial charge is 0.0622 e. The van der Waals surface area contributed by atoms with Crippen molar-refractivity contribution in [3.8, 4) is 11.1 Å². The van der Waals surface area contributed by atoms with Gasteiger partial charge in [0.15, 0.2) is 0 Å². The van der Waals surface area contributed by atoms with Gasteiger partial charge in [-0.15, -0.1) is 0 Å². The number of rotatable bonds is 1. The van der Waals surface area contributed by atoms with E-state index in [1.165, 1.54) is 43.4 Å². The quantitative estimate of drug-likeness (QED) is 0.283. The van der Waals surface area contributed by atoms with Crippen LogP contribution in [-0.2, 0) is 0 Å². The Bertz CT molecular complexity index is 1160. The first-order valence-corrected chi connectivity index (χ1v) is 8.54. The van der Waals surface area contributed by atoms with Gasteiger partial charge in [-0.3, -0.25) is 0 Å². The molecule has 0 nitrogen and oxygen atoms in total. The van der Waals surface area contributed by atoms with Crippen LogP contribution in [0.25, 0.3) is 43.4 Å². The minimum Gasteiger partial charge on any atom is -0.0622 e. The second-order valence-electron chi connectivity index (χ2n) is 5.95. The summed E-state index contributed by atoms with van der Waals surface area (Å²) in [7, 11) is 0. The molecule has 0 N–H and O–H groups in total. The smallest absolute Gasteiger partial charge is 0.0260 e. The predicted octanol–water partition coefficient (Wildman–Crippen LogP) is 7.01. The van der Waals surface area contributed by atoms with Gasteiger partial charge in [0, 0.05) is 4.47 Å². The Morgan fingerprint density at radius 1 is 0.565 bits per heavy atom. The zero-order chi connectivity index (χ0) is 15.4. The van der Waals surface area contributed by atoms with Gasteiger partial charge in [-0.2, -0.15) is 0 Å². The highest BCUT2D eigenvalue weighted by molar-refractivity contribution is 9.10. The third kappa shape index (κ3) is 1.83. The van der Waals surface area contributed by atoms with Crippen LogP contribution in [0.3, 0.4) is 0 Å². The van der Waals surface area contributed by atoms with Crippen LogP contribution in [0, 0.1) is 0 Å². The van der Waals surface area contributed by atoms with E-state index in [4.69, 9.17) is 0 Å². The van der Waals surface area contributed by atoms with Crippen molar-refractivity contribution in [3.05, 3.63) is 83.3 Å². The summed E-state index contributed by atoms with van der Waals surface area (Å²) in [5.74, 6) is 0. The minimum absolute atomic E-state index is 1.16. The Labute approximate surface area is 142 Å².